The van der Waals surface area contributed by atoms with Gasteiger partial charge in [-0.25, -0.2) is 19.0 Å². The molecule has 0 radical (unpaired) electrons. The van der Waals surface area contributed by atoms with Gasteiger partial charge >= 0.3 is 18.5 Å². The van der Waals surface area contributed by atoms with Crippen LogP contribution >= 0.6 is 0 Å². The third kappa shape index (κ3) is 4.66. The molecule has 194 valence electrons. The standard InChI is InChI=1S/C18H6F12N4O2/c1-4-8(12(35)5-2-6(16(22,23)24)31-7(3-5)17(25,26)27)15(36)34(33-4)11-9(19)13(18(28,29)30)32-14(21)10(11)20/h2-3,33H,1H3. The van der Waals surface area contributed by atoms with Gasteiger partial charge in [0.15, 0.2) is 11.5 Å². The van der Waals surface area contributed by atoms with E-state index in [0.717, 1.165) is 6.92 Å². The van der Waals surface area contributed by atoms with Gasteiger partial charge in [-0.1, -0.05) is 0 Å². The van der Waals surface area contributed by atoms with E-state index in [9.17, 15) is 62.3 Å². The van der Waals surface area contributed by atoms with Crippen LogP contribution in [0, 0.1) is 24.5 Å². The molecule has 0 aromatic carbocycles. The summed E-state index contributed by atoms with van der Waals surface area (Å²) in [5.74, 6) is -9.39. The third-order valence-corrected chi connectivity index (χ3v) is 4.47. The van der Waals surface area contributed by atoms with E-state index in [1.807, 2.05) is 0 Å². The lowest BCUT2D eigenvalue weighted by atomic mass is 10.0. The highest BCUT2D eigenvalue weighted by molar-refractivity contribution is 6.09. The monoisotopic (exact) mass is 538 g/mol. The molecular formula is C18H6F12N4O2. The van der Waals surface area contributed by atoms with Crippen molar-refractivity contribution in [3.63, 3.8) is 0 Å². The van der Waals surface area contributed by atoms with Gasteiger partial charge in [-0.3, -0.25) is 14.7 Å². The summed E-state index contributed by atoms with van der Waals surface area (Å²) in [4.78, 5) is 29.8. The SMILES string of the molecule is Cc1[nH]n(-c2c(F)c(F)nc(C(F)(F)F)c2F)c(=O)c1C(=O)c1cc(C(F)(F)F)nc(C(F)(F)F)c1. The lowest BCUT2D eigenvalue weighted by Gasteiger charge is -2.12. The number of aromatic amines is 1. The van der Waals surface area contributed by atoms with E-state index in [4.69, 9.17) is 0 Å². The third-order valence-electron chi connectivity index (χ3n) is 4.47. The maximum Gasteiger partial charge on any atom is 0.436 e. The first-order chi connectivity index (χ1) is 16.2. The fourth-order valence-electron chi connectivity index (χ4n) is 2.95. The summed E-state index contributed by atoms with van der Waals surface area (Å²) in [6.45, 7) is 0.777. The first-order valence-electron chi connectivity index (χ1n) is 8.90. The van der Waals surface area contributed by atoms with Gasteiger partial charge in [0.05, 0.1) is 0 Å². The van der Waals surface area contributed by atoms with Gasteiger partial charge in [-0.05, 0) is 19.1 Å². The Morgan fingerprint density at radius 3 is 1.78 bits per heavy atom. The molecule has 0 unspecified atom stereocenters. The summed E-state index contributed by atoms with van der Waals surface area (Å²) >= 11 is 0. The van der Waals surface area contributed by atoms with E-state index in [-0.39, 0.29) is 12.1 Å². The van der Waals surface area contributed by atoms with Gasteiger partial charge in [0, 0.05) is 11.3 Å². The predicted molar refractivity (Wildman–Crippen MR) is 91.5 cm³/mol. The Balaban J connectivity index is 2.28. The van der Waals surface area contributed by atoms with Crippen LogP contribution < -0.4 is 5.56 Å². The van der Waals surface area contributed by atoms with Crippen LogP contribution in [0.1, 0.15) is 38.7 Å². The number of aryl methyl sites for hydroxylation is 1. The normalized spacial score (nSPS) is 12.8. The second kappa shape index (κ2) is 8.37. The zero-order valence-corrected chi connectivity index (χ0v) is 16.8. The smallest absolute Gasteiger partial charge is 0.294 e. The summed E-state index contributed by atoms with van der Waals surface area (Å²) in [6.07, 6.45) is -16.7. The van der Waals surface area contributed by atoms with E-state index in [1.165, 1.54) is 0 Å². The van der Waals surface area contributed by atoms with Crippen molar-refractivity contribution in [2.45, 2.75) is 25.5 Å². The number of halogens is 12. The zero-order chi connectivity index (χ0) is 27.5. The molecule has 3 aromatic heterocycles. The summed E-state index contributed by atoms with van der Waals surface area (Å²) in [5, 5.41) is 1.74. The highest BCUT2D eigenvalue weighted by Crippen LogP contribution is 2.35. The van der Waals surface area contributed by atoms with Crippen LogP contribution in [0.3, 0.4) is 0 Å². The number of pyridine rings is 2. The van der Waals surface area contributed by atoms with Crippen LogP contribution in [0.5, 0.6) is 0 Å². The quantitative estimate of drug-likeness (QED) is 0.290. The molecule has 3 heterocycles. The Morgan fingerprint density at radius 1 is 0.833 bits per heavy atom. The summed E-state index contributed by atoms with van der Waals surface area (Å²) in [6, 6.07) is -0.300. The molecule has 0 saturated heterocycles. The number of H-pyrrole nitrogens is 1. The molecule has 36 heavy (non-hydrogen) atoms. The topological polar surface area (TPSA) is 80.6 Å². The predicted octanol–water partition coefficient (Wildman–Crippen LogP) is 4.97. The second-order valence-corrected chi connectivity index (χ2v) is 6.93. The minimum atomic E-state index is -5.68. The first-order valence-corrected chi connectivity index (χ1v) is 8.90. The summed E-state index contributed by atoms with van der Waals surface area (Å²) in [5.41, 5.74) is -14.4. The average molecular weight is 538 g/mol. The van der Waals surface area contributed by atoms with E-state index in [1.54, 1.807) is 5.10 Å². The Hall–Kier alpha value is -3.86. The van der Waals surface area contributed by atoms with Crippen LogP contribution in [-0.4, -0.2) is 25.5 Å². The lowest BCUT2D eigenvalue weighted by molar-refractivity contribution is -0.150. The van der Waals surface area contributed by atoms with E-state index in [2.05, 4.69) is 9.97 Å². The maximum atomic E-state index is 14.4. The molecule has 0 spiro atoms. The molecule has 6 nitrogen and oxygen atoms in total. The lowest BCUT2D eigenvalue weighted by Crippen LogP contribution is -2.26. The Kier molecular flexibility index (Phi) is 6.22. The Labute approximate surface area is 189 Å². The number of rotatable bonds is 3. The number of nitrogens with zero attached hydrogens (tertiary/aromatic N) is 3. The van der Waals surface area contributed by atoms with Crippen molar-refractivity contribution in [2.75, 3.05) is 0 Å². The number of nitrogens with one attached hydrogen (secondary N) is 1. The average Bonchev–Trinajstić information content (AvgIpc) is 3.01. The van der Waals surface area contributed by atoms with Crippen molar-refractivity contribution in [2.24, 2.45) is 0 Å². The minimum Gasteiger partial charge on any atom is -0.294 e. The van der Waals surface area contributed by atoms with E-state index in [0.29, 0.717) is 0 Å². The first kappa shape index (κ1) is 26.7. The molecule has 18 heteroatoms. The van der Waals surface area contributed by atoms with Crippen molar-refractivity contribution < 1.29 is 57.5 Å². The van der Waals surface area contributed by atoms with Gasteiger partial charge in [0.1, 0.15) is 22.6 Å². The van der Waals surface area contributed by atoms with E-state index < -0.39 is 91.7 Å². The van der Waals surface area contributed by atoms with Crippen molar-refractivity contribution in [3.8, 4) is 5.69 Å². The Bertz CT molecular complexity index is 1400. The largest absolute Gasteiger partial charge is 0.436 e. The molecule has 0 aliphatic rings. The zero-order valence-electron chi connectivity index (χ0n) is 16.8. The number of carbonyl (C=O) groups excluding carboxylic acids is 1. The highest BCUT2D eigenvalue weighted by Gasteiger charge is 2.42. The highest BCUT2D eigenvalue weighted by atomic mass is 19.4. The van der Waals surface area contributed by atoms with Crippen LogP contribution in [-0.2, 0) is 18.5 Å². The number of hydrogen-bond donors (Lipinski definition) is 1. The van der Waals surface area contributed by atoms with Crippen LogP contribution in [0.25, 0.3) is 5.69 Å². The van der Waals surface area contributed by atoms with Gasteiger partial charge < -0.3 is 0 Å². The Morgan fingerprint density at radius 2 is 1.33 bits per heavy atom. The number of aromatic nitrogens is 4. The molecular weight excluding hydrogens is 532 g/mol. The summed E-state index contributed by atoms with van der Waals surface area (Å²) in [7, 11) is 0. The van der Waals surface area contributed by atoms with Gasteiger partial charge in [0.25, 0.3) is 11.5 Å². The number of ketones is 1. The van der Waals surface area contributed by atoms with Crippen molar-refractivity contribution in [3.05, 3.63) is 74.0 Å². The summed E-state index contributed by atoms with van der Waals surface area (Å²) < 4.78 is 159. The molecule has 0 amide bonds. The fraction of sp³-hybridized carbons (Fsp3) is 0.222. The fourth-order valence-corrected chi connectivity index (χ4v) is 2.95. The number of hydrogen-bond acceptors (Lipinski definition) is 4. The molecule has 0 bridgehead atoms. The molecule has 0 aliphatic heterocycles. The number of alkyl halides is 9. The van der Waals surface area contributed by atoms with Crippen molar-refractivity contribution in [1.29, 1.82) is 0 Å². The molecule has 3 rings (SSSR count). The van der Waals surface area contributed by atoms with Crippen LogP contribution in [0.4, 0.5) is 52.7 Å². The number of carbonyl (C=O) groups is 1. The van der Waals surface area contributed by atoms with Gasteiger partial charge in [0.2, 0.25) is 11.6 Å². The molecule has 0 atom stereocenters. The van der Waals surface area contributed by atoms with Gasteiger partial charge in [-0.15, -0.1) is 0 Å². The maximum absolute atomic E-state index is 14.4. The minimum absolute atomic E-state index is 0.150. The molecule has 0 saturated carbocycles. The molecule has 0 fully saturated rings. The molecule has 3 aromatic rings. The van der Waals surface area contributed by atoms with Crippen molar-refractivity contribution in [1.82, 2.24) is 19.7 Å². The van der Waals surface area contributed by atoms with Crippen LogP contribution in [0.15, 0.2) is 16.9 Å². The van der Waals surface area contributed by atoms with Crippen LogP contribution in [0.2, 0.25) is 0 Å². The second-order valence-electron chi connectivity index (χ2n) is 6.93. The molecule has 0 aliphatic carbocycles. The molecule has 1 N–H and O–H groups in total. The van der Waals surface area contributed by atoms with E-state index >= 15 is 0 Å². The van der Waals surface area contributed by atoms with Gasteiger partial charge in [-0.2, -0.15) is 48.3 Å². The van der Waals surface area contributed by atoms with Crippen molar-refractivity contribution >= 4 is 5.78 Å².